The lowest BCUT2D eigenvalue weighted by atomic mass is 10.00. The van der Waals surface area contributed by atoms with E-state index >= 15 is 0 Å². The number of aldehydes is 1. The van der Waals surface area contributed by atoms with Crippen LogP contribution in [-0.2, 0) is 19.1 Å². The van der Waals surface area contributed by atoms with Crippen molar-refractivity contribution in [3.05, 3.63) is 12.2 Å². The molecule has 2 fully saturated rings. The van der Waals surface area contributed by atoms with Crippen LogP contribution in [0.1, 0.15) is 25.7 Å². The molecule has 0 bridgehead atoms. The molecule has 2 aliphatic rings. The third-order valence-corrected chi connectivity index (χ3v) is 3.24. The van der Waals surface area contributed by atoms with Gasteiger partial charge in [-0.25, -0.2) is 4.79 Å². The van der Waals surface area contributed by atoms with Crippen molar-refractivity contribution in [3.8, 4) is 0 Å². The fourth-order valence-electron chi connectivity index (χ4n) is 1.98. The Bertz CT molecular complexity index is 288. The first-order valence-electron chi connectivity index (χ1n) is 6.74. The fraction of sp³-hybridized carbons (Fsp3) is 0.714. The second-order valence-corrected chi connectivity index (χ2v) is 4.73. The van der Waals surface area contributed by atoms with Gasteiger partial charge in [0.15, 0.2) is 0 Å². The van der Waals surface area contributed by atoms with Gasteiger partial charge in [0, 0.05) is 38.4 Å². The molecule has 108 valence electrons. The molecule has 0 aromatic carbocycles. The lowest BCUT2D eigenvalue weighted by Crippen LogP contribution is -2.16. The first-order chi connectivity index (χ1) is 9.22. The van der Waals surface area contributed by atoms with E-state index in [2.05, 4.69) is 0 Å². The summed E-state index contributed by atoms with van der Waals surface area (Å²) in [6.07, 6.45) is 7.74. The van der Waals surface area contributed by atoms with Gasteiger partial charge in [-0.2, -0.15) is 0 Å². The minimum Gasteiger partial charge on any atom is -0.478 e. The van der Waals surface area contributed by atoms with Gasteiger partial charge in [0.25, 0.3) is 0 Å². The number of ether oxygens (including phenoxy) is 2. The number of carbonyl (C=O) groups is 2. The van der Waals surface area contributed by atoms with Gasteiger partial charge in [-0.15, -0.1) is 0 Å². The van der Waals surface area contributed by atoms with Crippen LogP contribution in [0.2, 0.25) is 0 Å². The van der Waals surface area contributed by atoms with E-state index in [4.69, 9.17) is 14.6 Å². The first kappa shape index (κ1) is 15.9. The third kappa shape index (κ3) is 7.74. The lowest BCUT2D eigenvalue weighted by molar-refractivity contribution is -0.131. The molecule has 2 saturated heterocycles. The normalized spacial score (nSPS) is 21.7. The Labute approximate surface area is 113 Å². The highest BCUT2D eigenvalue weighted by molar-refractivity contribution is 5.79. The van der Waals surface area contributed by atoms with Gasteiger partial charge in [-0.05, 0) is 31.6 Å². The van der Waals surface area contributed by atoms with E-state index in [0.717, 1.165) is 58.4 Å². The minimum absolute atomic E-state index is 0.281. The van der Waals surface area contributed by atoms with Gasteiger partial charge in [0.2, 0.25) is 0 Å². The van der Waals surface area contributed by atoms with Crippen LogP contribution in [0.15, 0.2) is 12.2 Å². The number of hydrogen-bond donors (Lipinski definition) is 1. The largest absolute Gasteiger partial charge is 0.478 e. The maximum absolute atomic E-state index is 10.1. The van der Waals surface area contributed by atoms with Crippen molar-refractivity contribution in [1.29, 1.82) is 0 Å². The van der Waals surface area contributed by atoms with E-state index in [9.17, 15) is 9.59 Å². The van der Waals surface area contributed by atoms with Crippen molar-refractivity contribution in [3.63, 3.8) is 0 Å². The lowest BCUT2D eigenvalue weighted by Gasteiger charge is -2.18. The Balaban J connectivity index is 0.000000200. The number of allylic oxidation sites excluding steroid dienone is 1. The average Bonchev–Trinajstić information content (AvgIpc) is 2.48. The summed E-state index contributed by atoms with van der Waals surface area (Å²) in [6, 6.07) is 0. The third-order valence-electron chi connectivity index (χ3n) is 3.24. The van der Waals surface area contributed by atoms with Crippen LogP contribution in [0.3, 0.4) is 0 Å². The number of aliphatic carboxylic acids is 1. The molecule has 0 atom stereocenters. The monoisotopic (exact) mass is 270 g/mol. The predicted molar refractivity (Wildman–Crippen MR) is 69.9 cm³/mol. The Morgan fingerprint density at radius 1 is 0.947 bits per heavy atom. The van der Waals surface area contributed by atoms with Crippen molar-refractivity contribution in [2.45, 2.75) is 25.7 Å². The maximum atomic E-state index is 10.1. The molecule has 0 aromatic rings. The van der Waals surface area contributed by atoms with E-state index < -0.39 is 5.97 Å². The number of rotatable bonds is 3. The van der Waals surface area contributed by atoms with Crippen molar-refractivity contribution < 1.29 is 24.2 Å². The van der Waals surface area contributed by atoms with Crippen LogP contribution in [0.25, 0.3) is 0 Å². The Morgan fingerprint density at radius 2 is 1.42 bits per heavy atom. The molecular formula is C14H22O5. The Morgan fingerprint density at radius 3 is 1.79 bits per heavy atom. The van der Waals surface area contributed by atoms with E-state index in [0.29, 0.717) is 5.92 Å². The standard InChI is InChI=1S/C8H12O3.C6H10O2/c9-8(10)2-1-7-3-5-11-6-4-7;7-5-6-1-3-8-4-2-6/h1-2,7H,3-6H2,(H,9,10);5-6H,1-4H2. The Hall–Kier alpha value is -1.20. The molecule has 19 heavy (non-hydrogen) atoms. The van der Waals surface area contributed by atoms with Crippen LogP contribution in [0, 0.1) is 11.8 Å². The van der Waals surface area contributed by atoms with Crippen molar-refractivity contribution in [1.82, 2.24) is 0 Å². The van der Waals surface area contributed by atoms with Gasteiger partial charge in [-0.1, -0.05) is 6.08 Å². The molecule has 0 unspecified atom stereocenters. The van der Waals surface area contributed by atoms with E-state index in [-0.39, 0.29) is 5.92 Å². The van der Waals surface area contributed by atoms with E-state index in [1.54, 1.807) is 6.08 Å². The molecule has 2 rings (SSSR count). The number of carbonyl (C=O) groups excluding carboxylic acids is 1. The molecule has 5 nitrogen and oxygen atoms in total. The SMILES string of the molecule is O=C(O)C=CC1CCOCC1.O=CC1CCOCC1. The highest BCUT2D eigenvalue weighted by atomic mass is 16.5. The van der Waals surface area contributed by atoms with Crippen molar-refractivity contribution in [2.24, 2.45) is 11.8 Å². The highest BCUT2D eigenvalue weighted by Crippen LogP contribution is 2.15. The minimum atomic E-state index is -0.864. The van der Waals surface area contributed by atoms with Gasteiger partial charge in [-0.3, -0.25) is 0 Å². The summed E-state index contributed by atoms with van der Waals surface area (Å²) in [5.41, 5.74) is 0. The molecule has 0 aromatic heterocycles. The average molecular weight is 270 g/mol. The summed E-state index contributed by atoms with van der Waals surface area (Å²) in [5, 5.41) is 8.33. The maximum Gasteiger partial charge on any atom is 0.327 e. The molecule has 0 amide bonds. The molecule has 5 heteroatoms. The second kappa shape index (κ2) is 9.69. The number of carboxylic acid groups (broad SMARTS) is 1. The van der Waals surface area contributed by atoms with Crippen LogP contribution in [0.5, 0.6) is 0 Å². The molecule has 0 saturated carbocycles. The zero-order valence-electron chi connectivity index (χ0n) is 11.1. The van der Waals surface area contributed by atoms with E-state index in [1.165, 1.54) is 6.08 Å². The van der Waals surface area contributed by atoms with E-state index in [1.807, 2.05) is 0 Å². The quantitative estimate of drug-likeness (QED) is 0.623. The van der Waals surface area contributed by atoms with Crippen molar-refractivity contribution >= 4 is 12.3 Å². The number of carboxylic acids is 1. The van der Waals surface area contributed by atoms with Gasteiger partial charge in [0.05, 0.1) is 0 Å². The van der Waals surface area contributed by atoms with Crippen LogP contribution in [0.4, 0.5) is 0 Å². The Kier molecular flexibility index (Phi) is 8.09. The fourth-order valence-corrected chi connectivity index (χ4v) is 1.98. The summed E-state index contributed by atoms with van der Waals surface area (Å²) in [4.78, 5) is 20.2. The topological polar surface area (TPSA) is 72.8 Å². The molecule has 0 radical (unpaired) electrons. The summed E-state index contributed by atoms with van der Waals surface area (Å²) in [7, 11) is 0. The summed E-state index contributed by atoms with van der Waals surface area (Å²) in [5.74, 6) is -0.180. The summed E-state index contributed by atoms with van der Waals surface area (Å²) < 4.78 is 10.2. The summed E-state index contributed by atoms with van der Waals surface area (Å²) in [6.45, 7) is 3.05. The van der Waals surface area contributed by atoms with Crippen molar-refractivity contribution in [2.75, 3.05) is 26.4 Å². The summed E-state index contributed by atoms with van der Waals surface area (Å²) >= 11 is 0. The zero-order chi connectivity index (χ0) is 13.9. The zero-order valence-corrected chi connectivity index (χ0v) is 11.1. The molecule has 0 spiro atoms. The van der Waals surface area contributed by atoms with Gasteiger partial charge in [0.1, 0.15) is 6.29 Å². The molecule has 0 aliphatic carbocycles. The molecule has 1 N–H and O–H groups in total. The number of hydrogen-bond acceptors (Lipinski definition) is 4. The van der Waals surface area contributed by atoms with Crippen LogP contribution < -0.4 is 0 Å². The van der Waals surface area contributed by atoms with Gasteiger partial charge >= 0.3 is 5.97 Å². The van der Waals surface area contributed by atoms with Crippen LogP contribution in [-0.4, -0.2) is 43.8 Å². The van der Waals surface area contributed by atoms with Gasteiger partial charge < -0.3 is 19.4 Å². The highest BCUT2D eigenvalue weighted by Gasteiger charge is 2.11. The molecule has 2 heterocycles. The molecule has 2 aliphatic heterocycles. The first-order valence-corrected chi connectivity index (χ1v) is 6.74. The molecular weight excluding hydrogens is 248 g/mol. The predicted octanol–water partition coefficient (Wildman–Crippen LogP) is 1.67. The second-order valence-electron chi connectivity index (χ2n) is 4.73. The smallest absolute Gasteiger partial charge is 0.327 e. The van der Waals surface area contributed by atoms with Crippen LogP contribution >= 0.6 is 0 Å².